The van der Waals surface area contributed by atoms with Crippen molar-refractivity contribution < 1.29 is 14.3 Å². The average Bonchev–Trinajstić information content (AvgIpc) is 2.68. The topological polar surface area (TPSA) is 47.6 Å². The van der Waals surface area contributed by atoms with Crippen LogP contribution in [-0.4, -0.2) is 30.8 Å². The predicted octanol–water partition coefficient (Wildman–Crippen LogP) is 5.23. The molecule has 1 unspecified atom stereocenters. The Labute approximate surface area is 193 Å². The molecule has 0 aliphatic carbocycles. The number of ether oxygens (including phenoxy) is 2. The van der Waals surface area contributed by atoms with Gasteiger partial charge < -0.3 is 14.8 Å². The van der Waals surface area contributed by atoms with Gasteiger partial charge in [-0.05, 0) is 65.8 Å². The molecule has 4 nitrogen and oxygen atoms in total. The van der Waals surface area contributed by atoms with E-state index < -0.39 is 11.5 Å². The van der Waals surface area contributed by atoms with Crippen molar-refractivity contribution in [2.24, 2.45) is 5.41 Å². The standard InChI is InChI=1S/C26H33NO3.ClH/c1-25(2,3)24(28)30-22(18-27-26(4,5)6)19-29-23-15-11-10-14-21(23)17-16-20-12-8-7-9-13-20;/h7-15,22,27H,18-19H2,1-6H3;1H. The van der Waals surface area contributed by atoms with Crippen molar-refractivity contribution in [1.29, 1.82) is 0 Å². The van der Waals surface area contributed by atoms with Gasteiger partial charge in [0.05, 0.1) is 11.0 Å². The zero-order valence-corrected chi connectivity index (χ0v) is 20.1. The van der Waals surface area contributed by atoms with Crippen LogP contribution in [0.5, 0.6) is 5.75 Å². The summed E-state index contributed by atoms with van der Waals surface area (Å²) in [6.45, 7) is 12.5. The molecule has 0 saturated heterocycles. The lowest BCUT2D eigenvalue weighted by atomic mass is 9.97. The maximum Gasteiger partial charge on any atom is 0.311 e. The minimum absolute atomic E-state index is 0. The van der Waals surface area contributed by atoms with Crippen LogP contribution in [0.3, 0.4) is 0 Å². The van der Waals surface area contributed by atoms with Gasteiger partial charge in [0.15, 0.2) is 0 Å². The summed E-state index contributed by atoms with van der Waals surface area (Å²) in [4.78, 5) is 12.4. The van der Waals surface area contributed by atoms with Gasteiger partial charge in [-0.1, -0.05) is 42.2 Å². The molecule has 2 rings (SSSR count). The first-order chi connectivity index (χ1) is 14.0. The minimum atomic E-state index is -0.570. The van der Waals surface area contributed by atoms with Gasteiger partial charge in [-0.2, -0.15) is 0 Å². The first kappa shape index (κ1) is 26.6. The Morgan fingerprint density at radius 3 is 2.16 bits per heavy atom. The number of hydrogen-bond donors (Lipinski definition) is 1. The molecule has 2 aromatic rings. The number of carbonyl (C=O) groups excluding carboxylic acids is 1. The van der Waals surface area contributed by atoms with Gasteiger partial charge in [0.25, 0.3) is 0 Å². The van der Waals surface area contributed by atoms with E-state index in [1.807, 2.05) is 75.4 Å². The molecule has 0 amide bonds. The van der Waals surface area contributed by atoms with Gasteiger partial charge in [-0.25, -0.2) is 0 Å². The Morgan fingerprint density at radius 1 is 0.935 bits per heavy atom. The zero-order chi connectivity index (χ0) is 22.2. The fourth-order valence-electron chi connectivity index (χ4n) is 2.42. The van der Waals surface area contributed by atoms with Gasteiger partial charge in [0.2, 0.25) is 0 Å². The van der Waals surface area contributed by atoms with Crippen LogP contribution < -0.4 is 10.1 Å². The molecule has 2 aromatic carbocycles. The number of rotatable bonds is 6. The Bertz CT molecular complexity index is 887. The SMILES string of the molecule is CC(C)(C)NCC(COc1ccccc1C#Cc1ccccc1)OC(=O)C(C)(C)C.Cl. The molecular formula is C26H34ClNO3. The molecule has 0 saturated carbocycles. The van der Waals surface area contributed by atoms with E-state index in [1.54, 1.807) is 0 Å². The molecule has 0 radical (unpaired) electrons. The molecule has 0 aliphatic rings. The second-order valence-electron chi connectivity index (χ2n) is 9.33. The highest BCUT2D eigenvalue weighted by Gasteiger charge is 2.27. The molecule has 0 aliphatic heterocycles. The van der Waals surface area contributed by atoms with E-state index in [9.17, 15) is 4.79 Å². The van der Waals surface area contributed by atoms with Crippen LogP contribution in [0.25, 0.3) is 0 Å². The highest BCUT2D eigenvalue weighted by molar-refractivity contribution is 5.85. The molecule has 31 heavy (non-hydrogen) atoms. The van der Waals surface area contributed by atoms with E-state index in [0.717, 1.165) is 11.1 Å². The number of carbonyl (C=O) groups is 1. The van der Waals surface area contributed by atoms with Gasteiger partial charge in [0.1, 0.15) is 18.5 Å². The van der Waals surface area contributed by atoms with E-state index in [2.05, 4.69) is 37.9 Å². The Hall–Kier alpha value is -2.48. The molecule has 1 N–H and O–H groups in total. The van der Waals surface area contributed by atoms with E-state index in [-0.39, 0.29) is 30.5 Å². The van der Waals surface area contributed by atoms with Crippen LogP contribution in [-0.2, 0) is 9.53 Å². The molecule has 0 aromatic heterocycles. The van der Waals surface area contributed by atoms with Crippen molar-refractivity contribution in [1.82, 2.24) is 5.32 Å². The molecule has 5 heteroatoms. The lowest BCUT2D eigenvalue weighted by molar-refractivity contribution is -0.160. The first-order valence-electron chi connectivity index (χ1n) is 10.3. The Kier molecular flexibility index (Phi) is 10.1. The molecule has 0 bridgehead atoms. The van der Waals surface area contributed by atoms with Crippen molar-refractivity contribution in [2.75, 3.05) is 13.2 Å². The average molecular weight is 444 g/mol. The third-order valence-corrected chi connectivity index (χ3v) is 4.17. The predicted molar refractivity (Wildman–Crippen MR) is 129 cm³/mol. The molecule has 0 fully saturated rings. The highest BCUT2D eigenvalue weighted by Crippen LogP contribution is 2.20. The van der Waals surface area contributed by atoms with Crippen molar-refractivity contribution in [3.8, 4) is 17.6 Å². The maximum absolute atomic E-state index is 12.4. The summed E-state index contributed by atoms with van der Waals surface area (Å²) in [5, 5.41) is 3.39. The lowest BCUT2D eigenvalue weighted by Crippen LogP contribution is -2.45. The third kappa shape index (κ3) is 9.91. The van der Waals surface area contributed by atoms with Crippen molar-refractivity contribution >= 4 is 18.4 Å². The number of hydrogen-bond acceptors (Lipinski definition) is 4. The number of esters is 1. The second-order valence-corrected chi connectivity index (χ2v) is 9.33. The first-order valence-corrected chi connectivity index (χ1v) is 10.3. The summed E-state index contributed by atoms with van der Waals surface area (Å²) in [6, 6.07) is 17.5. The van der Waals surface area contributed by atoms with Gasteiger partial charge >= 0.3 is 5.97 Å². The van der Waals surface area contributed by atoms with Crippen LogP contribution >= 0.6 is 12.4 Å². The van der Waals surface area contributed by atoms with Crippen molar-refractivity contribution in [3.05, 3.63) is 65.7 Å². The highest BCUT2D eigenvalue weighted by atomic mass is 35.5. The molecule has 0 heterocycles. The quantitative estimate of drug-likeness (QED) is 0.490. The summed E-state index contributed by atoms with van der Waals surface area (Å²) in [7, 11) is 0. The number of halogens is 1. The number of nitrogens with one attached hydrogen (secondary N) is 1. The normalized spacial score (nSPS) is 12.1. The summed E-state index contributed by atoms with van der Waals surface area (Å²) in [5.41, 5.74) is 1.08. The van der Waals surface area contributed by atoms with Crippen LogP contribution in [0.2, 0.25) is 0 Å². The summed E-state index contributed by atoms with van der Waals surface area (Å²) >= 11 is 0. The summed E-state index contributed by atoms with van der Waals surface area (Å²) < 4.78 is 11.8. The third-order valence-electron chi connectivity index (χ3n) is 4.17. The summed E-state index contributed by atoms with van der Waals surface area (Å²) in [5.74, 6) is 6.76. The Balaban J connectivity index is 0.00000480. The van der Waals surface area contributed by atoms with Crippen molar-refractivity contribution in [2.45, 2.75) is 53.2 Å². The lowest BCUT2D eigenvalue weighted by Gasteiger charge is -2.27. The van der Waals surface area contributed by atoms with Crippen LogP contribution in [0.1, 0.15) is 52.7 Å². The smallest absolute Gasteiger partial charge is 0.311 e. The van der Waals surface area contributed by atoms with Gasteiger partial charge in [-0.15, -0.1) is 12.4 Å². The van der Waals surface area contributed by atoms with Gasteiger partial charge in [0, 0.05) is 17.6 Å². The van der Waals surface area contributed by atoms with E-state index in [0.29, 0.717) is 12.3 Å². The van der Waals surface area contributed by atoms with Crippen LogP contribution in [0, 0.1) is 17.3 Å². The fraction of sp³-hybridized carbons (Fsp3) is 0.423. The molecule has 0 spiro atoms. The fourth-order valence-corrected chi connectivity index (χ4v) is 2.42. The minimum Gasteiger partial charge on any atom is -0.488 e. The number of benzene rings is 2. The van der Waals surface area contributed by atoms with E-state index >= 15 is 0 Å². The monoisotopic (exact) mass is 443 g/mol. The molecule has 1 atom stereocenters. The second kappa shape index (κ2) is 11.8. The molecule has 168 valence electrons. The maximum atomic E-state index is 12.4. The van der Waals surface area contributed by atoms with Crippen LogP contribution in [0.15, 0.2) is 54.6 Å². The summed E-state index contributed by atoms with van der Waals surface area (Å²) in [6.07, 6.45) is -0.411. The molecular weight excluding hydrogens is 410 g/mol. The largest absolute Gasteiger partial charge is 0.488 e. The van der Waals surface area contributed by atoms with Crippen LogP contribution in [0.4, 0.5) is 0 Å². The zero-order valence-electron chi connectivity index (χ0n) is 19.3. The number of para-hydroxylation sites is 1. The van der Waals surface area contributed by atoms with E-state index in [4.69, 9.17) is 9.47 Å². The Morgan fingerprint density at radius 2 is 1.55 bits per heavy atom. The van der Waals surface area contributed by atoms with Gasteiger partial charge in [-0.3, -0.25) is 4.79 Å². The van der Waals surface area contributed by atoms with E-state index in [1.165, 1.54) is 0 Å². The van der Waals surface area contributed by atoms with Crippen molar-refractivity contribution in [3.63, 3.8) is 0 Å².